The van der Waals surface area contributed by atoms with Crippen molar-refractivity contribution in [3.8, 4) is 5.75 Å². The molecule has 34 heavy (non-hydrogen) atoms. The van der Waals surface area contributed by atoms with Crippen molar-refractivity contribution in [2.45, 2.75) is 51.1 Å². The summed E-state index contributed by atoms with van der Waals surface area (Å²) in [5.74, 6) is -1.41. The number of anilines is 1. The minimum absolute atomic E-state index is 0.0868. The molecule has 1 atom stereocenters. The minimum Gasteiger partial charge on any atom is -0.505 e. The predicted octanol–water partition coefficient (Wildman–Crippen LogP) is 3.83. The van der Waals surface area contributed by atoms with Gasteiger partial charge in [0.2, 0.25) is 0 Å². The lowest BCUT2D eigenvalue weighted by molar-refractivity contribution is -0.141. The van der Waals surface area contributed by atoms with Crippen LogP contribution in [0.1, 0.15) is 60.3 Å². The zero-order chi connectivity index (χ0) is 24.4. The molecule has 0 bridgehead atoms. The highest BCUT2D eigenvalue weighted by Crippen LogP contribution is 2.34. The fraction of sp³-hybridized carbons (Fsp3) is 0.400. The molecule has 1 fully saturated rings. The third-order valence-corrected chi connectivity index (χ3v) is 7.37. The van der Waals surface area contributed by atoms with E-state index in [4.69, 9.17) is 0 Å². The number of rotatable bonds is 7. The molecule has 0 radical (unpaired) electrons. The number of nitrogens with zero attached hydrogens (tertiary/aromatic N) is 2. The van der Waals surface area contributed by atoms with Crippen LogP contribution in [0.4, 0.5) is 5.69 Å². The van der Waals surface area contributed by atoms with Crippen molar-refractivity contribution in [2.75, 3.05) is 19.4 Å². The van der Waals surface area contributed by atoms with Crippen molar-refractivity contribution < 1.29 is 19.5 Å². The lowest BCUT2D eigenvalue weighted by Crippen LogP contribution is -2.43. The number of phenolic OH excluding ortho intramolecular Hbond substituents is 1. The van der Waals surface area contributed by atoms with Crippen LogP contribution in [-0.2, 0) is 9.59 Å². The second-order valence-corrected chi connectivity index (χ2v) is 9.91. The first-order chi connectivity index (χ1) is 16.3. The fourth-order valence-electron chi connectivity index (χ4n) is 4.49. The largest absolute Gasteiger partial charge is 0.505 e. The summed E-state index contributed by atoms with van der Waals surface area (Å²) in [5.41, 5.74) is 0.569. The van der Waals surface area contributed by atoms with Crippen LogP contribution in [0, 0.1) is 0 Å². The third-order valence-electron chi connectivity index (χ3n) is 6.32. The number of imide groups is 1. The van der Waals surface area contributed by atoms with Crippen molar-refractivity contribution >= 4 is 34.7 Å². The van der Waals surface area contributed by atoms with Crippen LogP contribution in [0.5, 0.6) is 5.75 Å². The van der Waals surface area contributed by atoms with Crippen molar-refractivity contribution in [3.05, 3.63) is 57.5 Å². The molecule has 4 rings (SSSR count). The van der Waals surface area contributed by atoms with Crippen LogP contribution in [0.15, 0.2) is 47.1 Å². The number of hydrogen-bond donors (Lipinski definition) is 3. The van der Waals surface area contributed by atoms with Gasteiger partial charge in [0.05, 0.1) is 17.3 Å². The molecule has 9 heteroatoms. The molecular weight excluding hydrogens is 452 g/mol. The van der Waals surface area contributed by atoms with Gasteiger partial charge in [0.1, 0.15) is 11.4 Å². The molecule has 2 aliphatic rings. The highest BCUT2D eigenvalue weighted by Gasteiger charge is 2.43. The van der Waals surface area contributed by atoms with Crippen molar-refractivity contribution in [3.63, 3.8) is 0 Å². The van der Waals surface area contributed by atoms with Crippen molar-refractivity contribution in [1.29, 1.82) is 0 Å². The topological polar surface area (TPSA) is 102 Å². The summed E-state index contributed by atoms with van der Waals surface area (Å²) in [6, 6.07) is 8.30. The maximum absolute atomic E-state index is 13.5. The lowest BCUT2D eigenvalue weighted by atomic mass is 9.94. The average Bonchev–Trinajstić information content (AvgIpc) is 3.44. The molecule has 1 aromatic heterocycles. The Morgan fingerprint density at radius 1 is 1.09 bits per heavy atom. The molecule has 2 heterocycles. The van der Waals surface area contributed by atoms with Gasteiger partial charge in [-0.05, 0) is 43.3 Å². The third kappa shape index (κ3) is 4.52. The highest BCUT2D eigenvalue weighted by molar-refractivity contribution is 7.10. The van der Waals surface area contributed by atoms with Gasteiger partial charge >= 0.3 is 0 Å². The Balaban J connectivity index is 1.70. The van der Waals surface area contributed by atoms with Crippen LogP contribution < -0.4 is 10.6 Å². The van der Waals surface area contributed by atoms with Gasteiger partial charge < -0.3 is 20.6 Å². The summed E-state index contributed by atoms with van der Waals surface area (Å²) in [5, 5.41) is 19.0. The van der Waals surface area contributed by atoms with Crippen LogP contribution in [0.25, 0.3) is 0 Å². The molecule has 1 aliphatic heterocycles. The van der Waals surface area contributed by atoms with Gasteiger partial charge in [-0.2, -0.15) is 0 Å². The summed E-state index contributed by atoms with van der Waals surface area (Å²) in [6.07, 6.45) is 4.64. The summed E-state index contributed by atoms with van der Waals surface area (Å²) < 4.78 is 0. The van der Waals surface area contributed by atoms with E-state index >= 15 is 0 Å². The Morgan fingerprint density at radius 2 is 1.79 bits per heavy atom. The zero-order valence-electron chi connectivity index (χ0n) is 19.6. The number of phenols is 1. The molecule has 0 unspecified atom stereocenters. The van der Waals surface area contributed by atoms with E-state index in [1.807, 2.05) is 24.4 Å². The summed E-state index contributed by atoms with van der Waals surface area (Å²) in [6.45, 7) is 1.94. The van der Waals surface area contributed by atoms with Crippen LogP contribution in [-0.4, -0.2) is 52.8 Å². The van der Waals surface area contributed by atoms with Gasteiger partial charge in [0.15, 0.2) is 5.75 Å². The number of amides is 3. The van der Waals surface area contributed by atoms with Gasteiger partial charge in [-0.1, -0.05) is 31.4 Å². The molecule has 8 nitrogen and oxygen atoms in total. The first-order valence-corrected chi connectivity index (χ1v) is 12.4. The monoisotopic (exact) mass is 482 g/mol. The molecule has 2 aromatic rings. The Hall–Kier alpha value is -3.33. The van der Waals surface area contributed by atoms with E-state index in [0.29, 0.717) is 0 Å². The number of hydrogen-bond acceptors (Lipinski definition) is 7. The average molecular weight is 483 g/mol. The molecule has 1 saturated carbocycles. The molecule has 1 aromatic carbocycles. The number of carbonyl (C=O) groups excluding carboxylic acids is 3. The summed E-state index contributed by atoms with van der Waals surface area (Å²) in [7, 11) is 3.19. The van der Waals surface area contributed by atoms with Crippen LogP contribution in [0.3, 0.4) is 0 Å². The Bertz CT molecular complexity index is 1120. The van der Waals surface area contributed by atoms with Crippen LogP contribution >= 0.6 is 11.3 Å². The smallest absolute Gasteiger partial charge is 0.279 e. The van der Waals surface area contributed by atoms with E-state index in [-0.39, 0.29) is 52.3 Å². The number of para-hydroxylation sites is 1. The van der Waals surface area contributed by atoms with Crippen molar-refractivity contribution in [2.24, 2.45) is 0 Å². The van der Waals surface area contributed by atoms with Gasteiger partial charge in [-0.25, -0.2) is 0 Å². The maximum atomic E-state index is 13.5. The Kier molecular flexibility index (Phi) is 6.92. The molecule has 0 saturated heterocycles. The van der Waals surface area contributed by atoms with Gasteiger partial charge in [0, 0.05) is 25.0 Å². The first kappa shape index (κ1) is 23.8. The van der Waals surface area contributed by atoms with E-state index < -0.39 is 5.91 Å². The fourth-order valence-corrected chi connectivity index (χ4v) is 5.22. The number of aromatic hydroxyl groups is 1. The molecule has 3 N–H and O–H groups in total. The molecule has 0 spiro atoms. The SMILES string of the molecule is C[C@@H](NC1=C(Nc2cccc(C(=O)N(C)C)c2O)C(=O)N(C2CCCCC2)C1=O)c1cccs1. The molecule has 1 aliphatic carbocycles. The number of benzene rings is 1. The van der Waals surface area contributed by atoms with E-state index in [9.17, 15) is 19.5 Å². The molecular formula is C25H30N4O4S. The Labute approximate surface area is 203 Å². The van der Waals surface area contributed by atoms with Gasteiger partial charge in [0.25, 0.3) is 17.7 Å². The zero-order valence-corrected chi connectivity index (χ0v) is 20.4. The normalized spacial score (nSPS) is 17.8. The minimum atomic E-state index is -0.415. The summed E-state index contributed by atoms with van der Waals surface area (Å²) >= 11 is 1.56. The standard InChI is InChI=1S/C25H30N4O4S/c1-15(19-13-8-14-34-19)26-20-21(25(33)29(24(20)32)16-9-5-4-6-10-16)27-18-12-7-11-17(22(18)30)23(31)28(2)3/h7-8,11-16,26-27,30H,4-6,9-10H2,1-3H3/t15-/m1/s1. The summed E-state index contributed by atoms with van der Waals surface area (Å²) in [4.78, 5) is 43.2. The number of thiophene rings is 1. The van der Waals surface area contributed by atoms with E-state index in [0.717, 1.165) is 37.0 Å². The van der Waals surface area contributed by atoms with Crippen molar-refractivity contribution in [1.82, 2.24) is 15.1 Å². The van der Waals surface area contributed by atoms with E-state index in [1.54, 1.807) is 37.6 Å². The highest BCUT2D eigenvalue weighted by atomic mass is 32.1. The van der Waals surface area contributed by atoms with Crippen LogP contribution in [0.2, 0.25) is 0 Å². The second kappa shape index (κ2) is 9.89. The maximum Gasteiger partial charge on any atom is 0.279 e. The van der Waals surface area contributed by atoms with E-state index in [2.05, 4.69) is 10.6 Å². The first-order valence-electron chi connectivity index (χ1n) is 11.5. The van der Waals surface area contributed by atoms with E-state index in [1.165, 1.54) is 15.9 Å². The predicted molar refractivity (Wildman–Crippen MR) is 131 cm³/mol. The Morgan fingerprint density at radius 3 is 2.44 bits per heavy atom. The molecule has 3 amide bonds. The number of nitrogens with one attached hydrogen (secondary N) is 2. The second-order valence-electron chi connectivity index (χ2n) is 8.93. The van der Waals surface area contributed by atoms with Gasteiger partial charge in [-0.3, -0.25) is 19.3 Å². The molecule has 180 valence electrons. The quantitative estimate of drug-likeness (QED) is 0.410. The van der Waals surface area contributed by atoms with Gasteiger partial charge in [-0.15, -0.1) is 11.3 Å². The lowest BCUT2D eigenvalue weighted by Gasteiger charge is -2.30. The number of carbonyl (C=O) groups is 3.